The first-order valence-corrected chi connectivity index (χ1v) is 4.17. The Morgan fingerprint density at radius 2 is 1.83 bits per heavy atom. The van der Waals surface area contributed by atoms with Crippen molar-refractivity contribution >= 4 is 0 Å². The summed E-state index contributed by atoms with van der Waals surface area (Å²) in [5.41, 5.74) is 0. The fourth-order valence-electron chi connectivity index (χ4n) is 1.03. The van der Waals surface area contributed by atoms with Crippen LogP contribution in [-0.4, -0.2) is 46.3 Å². The van der Waals surface area contributed by atoms with E-state index in [2.05, 4.69) is 0 Å². The Morgan fingerprint density at radius 3 is 2.17 bits per heavy atom. The standard InChI is InChI=1S/C8H19NO3/c1-7(2)6-8(11,12)9(3)4-5-10/h7,10-12H,4-6H2,1-3H3. The number of aliphatic hydroxyl groups excluding tert-OH is 1. The molecule has 0 saturated heterocycles. The SMILES string of the molecule is CC(C)CC(O)(O)N(C)CCO. The first-order chi connectivity index (χ1) is 5.40. The molecule has 0 rings (SSSR count). The van der Waals surface area contributed by atoms with E-state index in [1.165, 1.54) is 4.90 Å². The zero-order chi connectivity index (χ0) is 9.78. The van der Waals surface area contributed by atoms with Crippen LogP contribution < -0.4 is 0 Å². The lowest BCUT2D eigenvalue weighted by Crippen LogP contribution is -2.48. The van der Waals surface area contributed by atoms with Gasteiger partial charge in [0.1, 0.15) is 0 Å². The van der Waals surface area contributed by atoms with Crippen molar-refractivity contribution in [2.75, 3.05) is 20.2 Å². The summed E-state index contributed by atoms with van der Waals surface area (Å²) >= 11 is 0. The van der Waals surface area contributed by atoms with Gasteiger partial charge in [-0.2, -0.15) is 0 Å². The second-order valence-electron chi connectivity index (χ2n) is 3.52. The van der Waals surface area contributed by atoms with Crippen molar-refractivity contribution in [1.82, 2.24) is 4.90 Å². The van der Waals surface area contributed by atoms with Crippen LogP contribution in [0.3, 0.4) is 0 Å². The molecule has 0 spiro atoms. The highest BCUT2D eigenvalue weighted by molar-refractivity contribution is 4.66. The molecule has 0 unspecified atom stereocenters. The molecule has 4 heteroatoms. The molecule has 0 aliphatic heterocycles. The molecule has 0 fully saturated rings. The van der Waals surface area contributed by atoms with Crippen molar-refractivity contribution in [3.8, 4) is 0 Å². The summed E-state index contributed by atoms with van der Waals surface area (Å²) in [5.74, 6) is -1.59. The van der Waals surface area contributed by atoms with Gasteiger partial charge in [-0.05, 0) is 13.0 Å². The predicted octanol–water partition coefficient (Wildman–Crippen LogP) is -0.405. The van der Waals surface area contributed by atoms with Crippen LogP contribution in [0.4, 0.5) is 0 Å². The van der Waals surface area contributed by atoms with Crippen molar-refractivity contribution in [3.63, 3.8) is 0 Å². The van der Waals surface area contributed by atoms with Gasteiger partial charge in [-0.1, -0.05) is 13.8 Å². The number of nitrogens with zero attached hydrogens (tertiary/aromatic N) is 1. The Morgan fingerprint density at radius 1 is 1.33 bits per heavy atom. The van der Waals surface area contributed by atoms with Gasteiger partial charge in [0.05, 0.1) is 6.61 Å². The second kappa shape index (κ2) is 4.77. The number of rotatable bonds is 5. The van der Waals surface area contributed by atoms with Crippen LogP contribution in [0.1, 0.15) is 20.3 Å². The number of hydrogen-bond acceptors (Lipinski definition) is 4. The lowest BCUT2D eigenvalue weighted by Gasteiger charge is -2.32. The molecule has 0 aromatic carbocycles. The number of aliphatic hydroxyl groups is 3. The van der Waals surface area contributed by atoms with E-state index in [1.807, 2.05) is 13.8 Å². The molecule has 0 heterocycles. The summed E-state index contributed by atoms with van der Waals surface area (Å²) in [4.78, 5) is 1.33. The summed E-state index contributed by atoms with van der Waals surface area (Å²) in [6, 6.07) is 0. The van der Waals surface area contributed by atoms with Crippen LogP contribution in [-0.2, 0) is 0 Å². The van der Waals surface area contributed by atoms with E-state index in [4.69, 9.17) is 5.11 Å². The largest absolute Gasteiger partial charge is 0.395 e. The van der Waals surface area contributed by atoms with E-state index in [0.29, 0.717) is 0 Å². The van der Waals surface area contributed by atoms with Crippen LogP contribution in [0.2, 0.25) is 0 Å². The molecule has 0 amide bonds. The lowest BCUT2D eigenvalue weighted by atomic mass is 10.1. The average Bonchev–Trinajstić information content (AvgIpc) is 1.85. The molecule has 4 nitrogen and oxygen atoms in total. The maximum absolute atomic E-state index is 9.45. The monoisotopic (exact) mass is 177 g/mol. The van der Waals surface area contributed by atoms with Crippen LogP contribution in [0, 0.1) is 5.92 Å². The molecule has 0 aliphatic carbocycles. The molecule has 0 aliphatic rings. The van der Waals surface area contributed by atoms with Gasteiger partial charge < -0.3 is 15.3 Å². The third-order valence-corrected chi connectivity index (χ3v) is 1.73. The second-order valence-corrected chi connectivity index (χ2v) is 3.52. The summed E-state index contributed by atoms with van der Waals surface area (Å²) in [6.45, 7) is 4.01. The zero-order valence-corrected chi connectivity index (χ0v) is 7.99. The van der Waals surface area contributed by atoms with Gasteiger partial charge in [0.2, 0.25) is 5.91 Å². The van der Waals surface area contributed by atoms with Crippen molar-refractivity contribution < 1.29 is 15.3 Å². The lowest BCUT2D eigenvalue weighted by molar-refractivity contribution is -0.266. The highest BCUT2D eigenvalue weighted by Crippen LogP contribution is 2.16. The highest BCUT2D eigenvalue weighted by atomic mass is 16.5. The molecule has 0 aromatic heterocycles. The average molecular weight is 177 g/mol. The minimum absolute atomic E-state index is 0.0720. The van der Waals surface area contributed by atoms with E-state index in [-0.39, 0.29) is 25.5 Å². The van der Waals surface area contributed by atoms with Crippen LogP contribution >= 0.6 is 0 Å². The maximum Gasteiger partial charge on any atom is 0.224 e. The molecule has 0 radical (unpaired) electrons. The molecule has 3 N–H and O–H groups in total. The van der Waals surface area contributed by atoms with Gasteiger partial charge in [0.25, 0.3) is 0 Å². The Hall–Kier alpha value is -0.160. The Bertz CT molecular complexity index is 125. The summed E-state index contributed by atoms with van der Waals surface area (Å²) in [5, 5.41) is 27.5. The molecular formula is C8H19NO3. The maximum atomic E-state index is 9.45. The van der Waals surface area contributed by atoms with Crippen molar-refractivity contribution in [2.24, 2.45) is 5.92 Å². The summed E-state index contributed by atoms with van der Waals surface area (Å²) < 4.78 is 0. The third kappa shape index (κ3) is 4.01. The van der Waals surface area contributed by atoms with Gasteiger partial charge in [-0.15, -0.1) is 0 Å². The van der Waals surface area contributed by atoms with Crippen molar-refractivity contribution in [2.45, 2.75) is 26.2 Å². The van der Waals surface area contributed by atoms with E-state index in [0.717, 1.165) is 0 Å². The van der Waals surface area contributed by atoms with Crippen LogP contribution in [0.25, 0.3) is 0 Å². The highest BCUT2D eigenvalue weighted by Gasteiger charge is 2.28. The normalized spacial score (nSPS) is 13.0. The number of hydrogen-bond donors (Lipinski definition) is 3. The van der Waals surface area contributed by atoms with Gasteiger partial charge in [0.15, 0.2) is 0 Å². The molecule has 0 aromatic rings. The number of likely N-dealkylation sites (N-methyl/N-ethyl adjacent to an activating group) is 1. The third-order valence-electron chi connectivity index (χ3n) is 1.73. The van der Waals surface area contributed by atoms with Gasteiger partial charge >= 0.3 is 0 Å². The molecular weight excluding hydrogens is 158 g/mol. The van der Waals surface area contributed by atoms with Crippen molar-refractivity contribution in [3.05, 3.63) is 0 Å². The van der Waals surface area contributed by atoms with Crippen LogP contribution in [0.15, 0.2) is 0 Å². The molecule has 12 heavy (non-hydrogen) atoms. The molecule has 0 atom stereocenters. The van der Waals surface area contributed by atoms with E-state index < -0.39 is 5.91 Å². The minimum atomic E-state index is -1.79. The van der Waals surface area contributed by atoms with E-state index >= 15 is 0 Å². The fraction of sp³-hybridized carbons (Fsp3) is 1.00. The summed E-state index contributed by atoms with van der Waals surface area (Å²) in [6.07, 6.45) is 0.281. The quantitative estimate of drug-likeness (QED) is 0.500. The first kappa shape index (κ1) is 11.8. The van der Waals surface area contributed by atoms with E-state index in [1.54, 1.807) is 7.05 Å². The smallest absolute Gasteiger partial charge is 0.224 e. The zero-order valence-electron chi connectivity index (χ0n) is 7.99. The van der Waals surface area contributed by atoms with Gasteiger partial charge in [-0.25, -0.2) is 0 Å². The fourth-order valence-corrected chi connectivity index (χ4v) is 1.03. The Balaban J connectivity index is 3.99. The minimum Gasteiger partial charge on any atom is -0.395 e. The summed E-state index contributed by atoms with van der Waals surface area (Å²) in [7, 11) is 1.57. The molecule has 0 bridgehead atoms. The molecule has 0 saturated carbocycles. The Kier molecular flexibility index (Phi) is 4.70. The Labute approximate surface area is 73.4 Å². The van der Waals surface area contributed by atoms with Gasteiger partial charge in [0, 0.05) is 13.0 Å². The van der Waals surface area contributed by atoms with Crippen molar-refractivity contribution in [1.29, 1.82) is 0 Å². The molecule has 74 valence electrons. The van der Waals surface area contributed by atoms with Gasteiger partial charge in [-0.3, -0.25) is 4.90 Å². The van der Waals surface area contributed by atoms with Crippen LogP contribution in [0.5, 0.6) is 0 Å². The van der Waals surface area contributed by atoms with E-state index in [9.17, 15) is 10.2 Å². The first-order valence-electron chi connectivity index (χ1n) is 4.17. The predicted molar refractivity (Wildman–Crippen MR) is 46.3 cm³/mol. The topological polar surface area (TPSA) is 63.9 Å².